The van der Waals surface area contributed by atoms with Gasteiger partial charge >= 0.3 is 0 Å². The van der Waals surface area contributed by atoms with Crippen molar-refractivity contribution in [1.82, 2.24) is 20.0 Å². The average Bonchev–Trinajstić information content (AvgIpc) is 3.06. The van der Waals surface area contributed by atoms with E-state index in [-0.39, 0.29) is 5.91 Å². The van der Waals surface area contributed by atoms with Crippen molar-refractivity contribution in [2.24, 2.45) is 0 Å². The zero-order chi connectivity index (χ0) is 16.9. The molecule has 0 spiro atoms. The third-order valence-electron chi connectivity index (χ3n) is 4.68. The Bertz CT molecular complexity index is 686. The first-order valence-corrected chi connectivity index (χ1v) is 8.77. The summed E-state index contributed by atoms with van der Waals surface area (Å²) in [6.45, 7) is 8.58. The number of rotatable bonds is 5. The minimum absolute atomic E-state index is 0.0455. The van der Waals surface area contributed by atoms with Crippen LogP contribution in [0.1, 0.15) is 40.7 Å². The quantitative estimate of drug-likeness (QED) is 0.919. The number of aromatic amines is 1. The van der Waals surface area contributed by atoms with E-state index in [0.717, 1.165) is 51.3 Å². The van der Waals surface area contributed by atoms with Crippen molar-refractivity contribution in [1.29, 1.82) is 0 Å². The second kappa shape index (κ2) is 7.62. The number of aryl methyl sites for hydroxylation is 2. The fourth-order valence-electron chi connectivity index (χ4n) is 3.17. The first-order chi connectivity index (χ1) is 11.7. The summed E-state index contributed by atoms with van der Waals surface area (Å²) in [6, 6.07) is 10.4. The number of carbonyl (C=O) groups excluding carboxylic acids is 1. The number of benzene rings is 1. The Morgan fingerprint density at radius 1 is 1.21 bits per heavy atom. The van der Waals surface area contributed by atoms with Crippen LogP contribution in [0, 0.1) is 6.92 Å². The summed E-state index contributed by atoms with van der Waals surface area (Å²) in [5, 5.41) is 7.14. The van der Waals surface area contributed by atoms with E-state index in [4.69, 9.17) is 0 Å². The molecule has 1 fully saturated rings. The summed E-state index contributed by atoms with van der Waals surface area (Å²) in [4.78, 5) is 16.9. The summed E-state index contributed by atoms with van der Waals surface area (Å²) in [5.41, 5.74) is 4.29. The maximum absolute atomic E-state index is 12.6. The van der Waals surface area contributed by atoms with Crippen LogP contribution in [0.4, 0.5) is 0 Å². The smallest absolute Gasteiger partial charge is 0.274 e. The average molecular weight is 326 g/mol. The van der Waals surface area contributed by atoms with Gasteiger partial charge < -0.3 is 4.90 Å². The lowest BCUT2D eigenvalue weighted by Crippen LogP contribution is -2.48. The minimum Gasteiger partial charge on any atom is -0.335 e. The van der Waals surface area contributed by atoms with Crippen molar-refractivity contribution in [3.63, 3.8) is 0 Å². The molecule has 1 aliphatic heterocycles. The topological polar surface area (TPSA) is 52.2 Å². The highest BCUT2D eigenvalue weighted by Gasteiger charge is 2.24. The zero-order valence-corrected chi connectivity index (χ0v) is 14.6. The second-order valence-electron chi connectivity index (χ2n) is 6.52. The Balaban J connectivity index is 1.54. The molecule has 0 saturated carbocycles. The Hall–Kier alpha value is -2.14. The van der Waals surface area contributed by atoms with Crippen LogP contribution < -0.4 is 0 Å². The van der Waals surface area contributed by atoms with E-state index in [1.165, 1.54) is 11.1 Å². The number of nitrogens with zero attached hydrogens (tertiary/aromatic N) is 3. The molecule has 1 N–H and O–H groups in total. The summed E-state index contributed by atoms with van der Waals surface area (Å²) < 4.78 is 0. The highest BCUT2D eigenvalue weighted by Crippen LogP contribution is 2.14. The number of nitrogens with one attached hydrogen (secondary N) is 1. The summed E-state index contributed by atoms with van der Waals surface area (Å²) in [6.07, 6.45) is 1.98. The third-order valence-corrected chi connectivity index (χ3v) is 4.68. The largest absolute Gasteiger partial charge is 0.335 e. The lowest BCUT2D eigenvalue weighted by Gasteiger charge is -2.34. The highest BCUT2D eigenvalue weighted by molar-refractivity contribution is 5.92. The predicted molar refractivity (Wildman–Crippen MR) is 94.9 cm³/mol. The summed E-state index contributed by atoms with van der Waals surface area (Å²) in [5.74, 6) is 0.0455. The molecule has 5 nitrogen and oxygen atoms in total. The summed E-state index contributed by atoms with van der Waals surface area (Å²) in [7, 11) is 0. The van der Waals surface area contributed by atoms with Crippen LogP contribution in [0.3, 0.4) is 0 Å². The molecular formula is C19H26N4O. The number of hydrogen-bond donors (Lipinski definition) is 1. The van der Waals surface area contributed by atoms with Gasteiger partial charge in [-0.1, -0.05) is 37.6 Å². The van der Waals surface area contributed by atoms with Crippen LogP contribution in [0.15, 0.2) is 30.3 Å². The number of hydrogen-bond acceptors (Lipinski definition) is 3. The number of H-pyrrole nitrogens is 1. The predicted octanol–water partition coefficient (Wildman–Crippen LogP) is 2.63. The van der Waals surface area contributed by atoms with Crippen LogP contribution in [0.2, 0.25) is 0 Å². The van der Waals surface area contributed by atoms with E-state index in [2.05, 4.69) is 53.2 Å². The van der Waals surface area contributed by atoms with Gasteiger partial charge in [-0.2, -0.15) is 5.10 Å². The molecule has 5 heteroatoms. The molecule has 0 unspecified atom stereocenters. The van der Waals surface area contributed by atoms with Gasteiger partial charge in [0.1, 0.15) is 5.69 Å². The molecule has 1 amide bonds. The van der Waals surface area contributed by atoms with Gasteiger partial charge in [0.15, 0.2) is 0 Å². The van der Waals surface area contributed by atoms with Crippen molar-refractivity contribution >= 4 is 5.91 Å². The van der Waals surface area contributed by atoms with Crippen LogP contribution >= 0.6 is 0 Å². The number of amides is 1. The fourth-order valence-corrected chi connectivity index (χ4v) is 3.17. The fraction of sp³-hybridized carbons (Fsp3) is 0.474. The van der Waals surface area contributed by atoms with Crippen molar-refractivity contribution < 1.29 is 4.79 Å². The van der Waals surface area contributed by atoms with Gasteiger partial charge in [0.2, 0.25) is 0 Å². The van der Waals surface area contributed by atoms with Crippen LogP contribution in [0.25, 0.3) is 0 Å². The van der Waals surface area contributed by atoms with Gasteiger partial charge in [-0.15, -0.1) is 0 Å². The third kappa shape index (κ3) is 3.85. The van der Waals surface area contributed by atoms with Crippen LogP contribution in [-0.2, 0) is 13.0 Å². The highest BCUT2D eigenvalue weighted by atomic mass is 16.2. The SMILES string of the molecule is CCCc1cc(C(=O)N2CCN(Cc3ccccc3C)CC2)n[nH]1. The monoisotopic (exact) mass is 326 g/mol. The maximum atomic E-state index is 12.6. The molecule has 24 heavy (non-hydrogen) atoms. The number of aromatic nitrogens is 2. The first kappa shape index (κ1) is 16.7. The molecule has 0 bridgehead atoms. The molecule has 0 radical (unpaired) electrons. The number of carbonyl (C=O) groups is 1. The molecule has 2 heterocycles. The normalized spacial score (nSPS) is 15.7. The molecule has 0 aliphatic carbocycles. The van der Waals surface area contributed by atoms with Crippen molar-refractivity contribution in [3.05, 3.63) is 52.8 Å². The van der Waals surface area contributed by atoms with Crippen LogP contribution in [0.5, 0.6) is 0 Å². The molecule has 1 saturated heterocycles. The van der Waals surface area contributed by atoms with Crippen molar-refractivity contribution in [2.45, 2.75) is 33.2 Å². The Morgan fingerprint density at radius 3 is 2.67 bits per heavy atom. The van der Waals surface area contributed by atoms with Gasteiger partial charge in [0.25, 0.3) is 5.91 Å². The van der Waals surface area contributed by atoms with Gasteiger partial charge in [0, 0.05) is 38.4 Å². The Labute approximate surface area is 143 Å². The maximum Gasteiger partial charge on any atom is 0.274 e. The minimum atomic E-state index is 0.0455. The first-order valence-electron chi connectivity index (χ1n) is 8.77. The van der Waals surface area contributed by atoms with Gasteiger partial charge in [0.05, 0.1) is 0 Å². The lowest BCUT2D eigenvalue weighted by atomic mass is 10.1. The zero-order valence-electron chi connectivity index (χ0n) is 14.6. The second-order valence-corrected chi connectivity index (χ2v) is 6.52. The number of piperazine rings is 1. The van der Waals surface area contributed by atoms with Gasteiger partial charge in [-0.05, 0) is 30.5 Å². The standard InChI is InChI=1S/C19H26N4O/c1-3-6-17-13-18(21-20-17)19(24)23-11-9-22(10-12-23)14-16-8-5-4-7-15(16)2/h4-5,7-8,13H,3,6,9-12,14H2,1-2H3,(H,20,21). The molecule has 2 aromatic rings. The molecule has 1 aromatic carbocycles. The van der Waals surface area contributed by atoms with Crippen molar-refractivity contribution in [3.8, 4) is 0 Å². The van der Waals surface area contributed by atoms with E-state index in [1.54, 1.807) is 0 Å². The van der Waals surface area contributed by atoms with E-state index in [1.807, 2.05) is 11.0 Å². The summed E-state index contributed by atoms with van der Waals surface area (Å²) >= 11 is 0. The molecule has 1 aromatic heterocycles. The Morgan fingerprint density at radius 2 is 1.96 bits per heavy atom. The molecular weight excluding hydrogens is 300 g/mol. The van der Waals surface area contributed by atoms with Gasteiger partial charge in [-0.25, -0.2) is 0 Å². The van der Waals surface area contributed by atoms with E-state index in [9.17, 15) is 4.79 Å². The molecule has 0 atom stereocenters. The molecule has 1 aliphatic rings. The van der Waals surface area contributed by atoms with Crippen LogP contribution in [-0.4, -0.2) is 52.1 Å². The van der Waals surface area contributed by atoms with Gasteiger partial charge in [-0.3, -0.25) is 14.8 Å². The van der Waals surface area contributed by atoms with E-state index in [0.29, 0.717) is 5.69 Å². The lowest BCUT2D eigenvalue weighted by molar-refractivity contribution is 0.0622. The molecule has 128 valence electrons. The Kier molecular flexibility index (Phi) is 5.30. The van der Waals surface area contributed by atoms with E-state index >= 15 is 0 Å². The van der Waals surface area contributed by atoms with E-state index < -0.39 is 0 Å². The molecule has 3 rings (SSSR count). The van der Waals surface area contributed by atoms with Crippen molar-refractivity contribution in [2.75, 3.05) is 26.2 Å².